The first kappa shape index (κ1) is 12.4. The Balaban J connectivity index is 3.24. The van der Waals surface area contributed by atoms with Crippen molar-refractivity contribution in [3.8, 4) is 0 Å². The molecule has 0 aromatic carbocycles. The Hall–Kier alpha value is -0.700. The lowest BCUT2D eigenvalue weighted by atomic mass is 10.6. The molecule has 0 aliphatic heterocycles. The molecule has 15 heavy (non-hydrogen) atoms. The van der Waals surface area contributed by atoms with Gasteiger partial charge in [0.2, 0.25) is 0 Å². The van der Waals surface area contributed by atoms with Crippen molar-refractivity contribution in [2.75, 3.05) is 0 Å². The van der Waals surface area contributed by atoms with Gasteiger partial charge in [-0.05, 0) is 22.6 Å². The third-order valence-electron chi connectivity index (χ3n) is 1.35. The van der Waals surface area contributed by atoms with E-state index < -0.39 is 18.8 Å². The number of nitrogens with zero attached hydrogens (tertiary/aromatic N) is 1. The largest absolute Gasteiger partial charge is 0.350 e. The van der Waals surface area contributed by atoms with Gasteiger partial charge in [0.05, 0.1) is 3.57 Å². The second-order valence-corrected chi connectivity index (χ2v) is 5.17. The summed E-state index contributed by atoms with van der Waals surface area (Å²) in [6.07, 6.45) is 2.08. The third-order valence-corrected chi connectivity index (χ3v) is 2.64. The van der Waals surface area contributed by atoms with Crippen molar-refractivity contribution in [3.05, 3.63) is 36.4 Å². The smallest absolute Gasteiger partial charge is 0.321 e. The van der Waals surface area contributed by atoms with E-state index in [0.717, 1.165) is 10.8 Å². The van der Waals surface area contributed by atoms with E-state index in [-0.39, 0.29) is 3.57 Å². The lowest BCUT2D eigenvalue weighted by Crippen LogP contribution is -2.28. The molecule has 3 N–H and O–H groups in total. The summed E-state index contributed by atoms with van der Waals surface area (Å²) in [6, 6.07) is 0. The van der Waals surface area contributed by atoms with Gasteiger partial charge in [0.25, 0.3) is 5.56 Å². The highest BCUT2D eigenvalue weighted by Crippen LogP contribution is 2.35. The summed E-state index contributed by atoms with van der Waals surface area (Å²) in [5, 5.41) is 0. The van der Waals surface area contributed by atoms with Crippen LogP contribution in [0, 0.1) is 3.57 Å². The predicted octanol–water partition coefficient (Wildman–Crippen LogP) is -0.253. The molecule has 0 spiro atoms. The summed E-state index contributed by atoms with van der Waals surface area (Å²) >= 11 is 1.70. The summed E-state index contributed by atoms with van der Waals surface area (Å²) < 4.78 is 11.6. The molecular formula is C6H6IN2O5P. The van der Waals surface area contributed by atoms with Gasteiger partial charge in [0.1, 0.15) is 0 Å². The number of aromatic amines is 1. The minimum absolute atomic E-state index is 0.238. The van der Waals surface area contributed by atoms with Crippen molar-refractivity contribution in [1.82, 2.24) is 9.55 Å². The number of hydrogen-bond donors (Lipinski definition) is 3. The number of H-pyrrole nitrogens is 1. The molecule has 0 aliphatic carbocycles. The summed E-state index contributed by atoms with van der Waals surface area (Å²) in [6.45, 7) is 0. The molecule has 0 fully saturated rings. The summed E-state index contributed by atoms with van der Waals surface area (Å²) in [5.41, 5.74) is -1.30. The van der Waals surface area contributed by atoms with Gasteiger partial charge >= 0.3 is 13.3 Å². The molecule has 0 radical (unpaired) electrons. The molecule has 0 unspecified atom stereocenters. The zero-order valence-electron chi connectivity index (χ0n) is 7.12. The monoisotopic (exact) mass is 344 g/mol. The van der Waals surface area contributed by atoms with Crippen LogP contribution in [0.1, 0.15) is 0 Å². The van der Waals surface area contributed by atoms with Crippen LogP contribution in [0.2, 0.25) is 0 Å². The van der Waals surface area contributed by atoms with Crippen LogP contribution in [0.5, 0.6) is 0 Å². The predicted molar refractivity (Wildman–Crippen MR) is 61.4 cm³/mol. The van der Waals surface area contributed by atoms with Gasteiger partial charge in [0, 0.05) is 18.2 Å². The molecule has 0 amide bonds. The van der Waals surface area contributed by atoms with Gasteiger partial charge in [-0.3, -0.25) is 18.9 Å². The number of nitrogens with one attached hydrogen (secondary N) is 1. The van der Waals surface area contributed by atoms with Crippen molar-refractivity contribution in [1.29, 1.82) is 0 Å². The van der Waals surface area contributed by atoms with Crippen LogP contribution in [0.25, 0.3) is 6.20 Å². The molecule has 0 bridgehead atoms. The van der Waals surface area contributed by atoms with E-state index in [9.17, 15) is 14.2 Å². The van der Waals surface area contributed by atoms with Gasteiger partial charge in [-0.2, -0.15) is 0 Å². The first-order valence-electron chi connectivity index (χ1n) is 3.55. The Labute approximate surface area is 96.8 Å². The Morgan fingerprint density at radius 2 is 2.07 bits per heavy atom. The van der Waals surface area contributed by atoms with E-state index in [2.05, 4.69) is 0 Å². The third kappa shape index (κ3) is 3.74. The maximum absolute atomic E-state index is 11.1. The molecule has 0 saturated heterocycles. The van der Waals surface area contributed by atoms with E-state index >= 15 is 0 Å². The second kappa shape index (κ2) is 4.44. The quantitative estimate of drug-likeness (QED) is 0.506. The zero-order chi connectivity index (χ0) is 11.6. The SMILES string of the molecule is O=c1[nH]c(=O)n(/C=C/P(=O)(O)O)cc1I. The average Bonchev–Trinajstić information content (AvgIpc) is 2.07. The van der Waals surface area contributed by atoms with Crippen LogP contribution >= 0.6 is 30.2 Å². The first-order valence-corrected chi connectivity index (χ1v) is 6.31. The van der Waals surface area contributed by atoms with Crippen LogP contribution in [0.3, 0.4) is 0 Å². The van der Waals surface area contributed by atoms with Crippen molar-refractivity contribution < 1.29 is 14.4 Å². The average molecular weight is 344 g/mol. The van der Waals surface area contributed by atoms with Crippen LogP contribution in [0.15, 0.2) is 21.6 Å². The number of halogens is 1. The fourth-order valence-electron chi connectivity index (χ4n) is 0.730. The number of aromatic nitrogens is 2. The molecule has 1 heterocycles. The molecule has 82 valence electrons. The molecule has 9 heteroatoms. The van der Waals surface area contributed by atoms with Gasteiger partial charge < -0.3 is 9.79 Å². The van der Waals surface area contributed by atoms with Gasteiger partial charge in [-0.1, -0.05) is 0 Å². The van der Waals surface area contributed by atoms with E-state index in [0.29, 0.717) is 5.82 Å². The standard InChI is InChI=1S/C6H6IN2O5P/c7-4-3-9(1-2-15(12,13)14)6(11)8-5(4)10/h1-3H,(H,8,10,11)(H2,12,13,14)/b2-1+. The van der Waals surface area contributed by atoms with Crippen molar-refractivity contribution in [3.63, 3.8) is 0 Å². The van der Waals surface area contributed by atoms with Crippen LogP contribution in [-0.2, 0) is 4.57 Å². The summed E-state index contributed by atoms with van der Waals surface area (Å²) in [7, 11) is -4.31. The highest BCUT2D eigenvalue weighted by molar-refractivity contribution is 14.1. The molecular weight excluding hydrogens is 338 g/mol. The molecule has 1 rings (SSSR count). The lowest BCUT2D eigenvalue weighted by molar-refractivity contribution is 0.386. The van der Waals surface area contributed by atoms with E-state index in [1.807, 2.05) is 4.98 Å². The molecule has 0 atom stereocenters. The highest BCUT2D eigenvalue weighted by atomic mass is 127. The van der Waals surface area contributed by atoms with E-state index in [1.54, 1.807) is 22.6 Å². The van der Waals surface area contributed by atoms with Gasteiger partial charge in [-0.15, -0.1) is 0 Å². The number of hydrogen-bond acceptors (Lipinski definition) is 3. The van der Waals surface area contributed by atoms with E-state index in [1.165, 1.54) is 6.20 Å². The normalized spacial score (nSPS) is 12.2. The molecule has 1 aromatic rings. The Morgan fingerprint density at radius 3 is 2.60 bits per heavy atom. The zero-order valence-corrected chi connectivity index (χ0v) is 10.2. The minimum Gasteiger partial charge on any atom is -0.321 e. The maximum Gasteiger partial charge on any atom is 0.350 e. The van der Waals surface area contributed by atoms with E-state index in [4.69, 9.17) is 9.79 Å². The Bertz CT molecular complexity index is 553. The highest BCUT2D eigenvalue weighted by Gasteiger charge is 2.06. The van der Waals surface area contributed by atoms with Gasteiger partial charge in [-0.25, -0.2) is 4.79 Å². The fraction of sp³-hybridized carbons (Fsp3) is 0. The van der Waals surface area contributed by atoms with Gasteiger partial charge in [0.15, 0.2) is 0 Å². The topological polar surface area (TPSA) is 112 Å². The Morgan fingerprint density at radius 1 is 1.47 bits per heavy atom. The molecule has 0 saturated carbocycles. The van der Waals surface area contributed by atoms with Crippen molar-refractivity contribution in [2.24, 2.45) is 0 Å². The molecule has 1 aromatic heterocycles. The Kier molecular flexibility index (Phi) is 3.66. The van der Waals surface area contributed by atoms with Crippen LogP contribution in [-0.4, -0.2) is 19.3 Å². The maximum atomic E-state index is 11.1. The fourth-order valence-corrected chi connectivity index (χ4v) is 1.48. The molecule has 7 nitrogen and oxygen atoms in total. The minimum atomic E-state index is -4.31. The molecule has 0 aliphatic rings. The van der Waals surface area contributed by atoms with Crippen molar-refractivity contribution >= 4 is 36.4 Å². The van der Waals surface area contributed by atoms with Crippen LogP contribution in [0.4, 0.5) is 0 Å². The number of rotatable bonds is 2. The second-order valence-electron chi connectivity index (χ2n) is 2.53. The van der Waals surface area contributed by atoms with Crippen molar-refractivity contribution in [2.45, 2.75) is 0 Å². The van der Waals surface area contributed by atoms with Crippen LogP contribution < -0.4 is 11.2 Å². The lowest BCUT2D eigenvalue weighted by Gasteiger charge is -1.98. The summed E-state index contributed by atoms with van der Waals surface area (Å²) in [5.74, 6) is 0.572. The summed E-state index contributed by atoms with van der Waals surface area (Å²) in [4.78, 5) is 41.1. The first-order chi connectivity index (χ1) is 6.79.